The molecule has 26 heavy (non-hydrogen) atoms. The number of halogens is 1. The van der Waals surface area contributed by atoms with Gasteiger partial charge in [0.05, 0.1) is 5.56 Å². The van der Waals surface area contributed by atoms with Gasteiger partial charge in [0.15, 0.2) is 0 Å². The molecule has 1 aliphatic heterocycles. The normalized spacial score (nSPS) is 16.0. The van der Waals surface area contributed by atoms with Crippen LogP contribution < -0.4 is 5.32 Å². The molecule has 0 saturated carbocycles. The number of rotatable bonds is 5. The van der Waals surface area contributed by atoms with Crippen molar-refractivity contribution in [3.8, 4) is 0 Å². The first kappa shape index (κ1) is 18.0. The molecule has 0 spiro atoms. The molecule has 1 aromatic heterocycles. The fourth-order valence-corrected chi connectivity index (χ4v) is 3.14. The van der Waals surface area contributed by atoms with Gasteiger partial charge in [-0.2, -0.15) is 0 Å². The Balaban J connectivity index is 1.74. The monoisotopic (exact) mass is 358 g/mol. The predicted molar refractivity (Wildman–Crippen MR) is 91.7 cm³/mol. The van der Waals surface area contributed by atoms with Gasteiger partial charge >= 0.3 is 5.97 Å². The van der Waals surface area contributed by atoms with Crippen LogP contribution in [0.3, 0.4) is 0 Å². The highest BCUT2D eigenvalue weighted by Gasteiger charge is 2.35. The summed E-state index contributed by atoms with van der Waals surface area (Å²) >= 11 is 0. The number of pyridine rings is 1. The van der Waals surface area contributed by atoms with Gasteiger partial charge in [0.1, 0.15) is 11.5 Å². The minimum atomic E-state index is -1.14. The van der Waals surface area contributed by atoms with Gasteiger partial charge in [-0.3, -0.25) is 4.79 Å². The lowest BCUT2D eigenvalue weighted by Gasteiger charge is -2.38. The van der Waals surface area contributed by atoms with Crippen LogP contribution in [-0.2, 0) is 10.2 Å². The molecule has 0 aliphatic carbocycles. The lowest BCUT2D eigenvalue weighted by molar-refractivity contribution is 0.0487. The molecule has 0 unspecified atom stereocenters. The SMILES string of the molecule is O=C(NCC1(c2ccc(F)cc2)CCOCC1)c1ccc(C(=O)O)nc1. The Labute approximate surface area is 150 Å². The lowest BCUT2D eigenvalue weighted by Crippen LogP contribution is -2.44. The molecule has 0 atom stereocenters. The number of amides is 1. The van der Waals surface area contributed by atoms with Crippen LogP contribution in [0.15, 0.2) is 42.6 Å². The van der Waals surface area contributed by atoms with Crippen molar-refractivity contribution in [2.45, 2.75) is 18.3 Å². The quantitative estimate of drug-likeness (QED) is 0.857. The summed E-state index contributed by atoms with van der Waals surface area (Å²) in [4.78, 5) is 27.0. The first-order valence-electron chi connectivity index (χ1n) is 8.31. The highest BCUT2D eigenvalue weighted by Crippen LogP contribution is 2.34. The zero-order valence-electron chi connectivity index (χ0n) is 14.1. The third-order valence-corrected chi connectivity index (χ3v) is 4.74. The first-order chi connectivity index (χ1) is 12.5. The number of benzene rings is 1. The summed E-state index contributed by atoms with van der Waals surface area (Å²) in [5.41, 5.74) is 0.808. The van der Waals surface area contributed by atoms with E-state index in [0.717, 1.165) is 18.4 Å². The fourth-order valence-electron chi connectivity index (χ4n) is 3.14. The van der Waals surface area contributed by atoms with E-state index in [-0.39, 0.29) is 28.4 Å². The first-order valence-corrected chi connectivity index (χ1v) is 8.31. The number of carboxylic acids is 1. The molecule has 1 amide bonds. The predicted octanol–water partition coefficient (Wildman–Crippen LogP) is 2.40. The van der Waals surface area contributed by atoms with Crippen LogP contribution in [0.2, 0.25) is 0 Å². The second-order valence-corrected chi connectivity index (χ2v) is 6.32. The van der Waals surface area contributed by atoms with Crippen molar-refractivity contribution in [1.29, 1.82) is 0 Å². The summed E-state index contributed by atoms with van der Waals surface area (Å²) in [6.07, 6.45) is 2.68. The van der Waals surface area contributed by atoms with Crippen molar-refractivity contribution in [2.75, 3.05) is 19.8 Å². The molecule has 0 bridgehead atoms. The van der Waals surface area contributed by atoms with Crippen molar-refractivity contribution in [1.82, 2.24) is 10.3 Å². The summed E-state index contributed by atoms with van der Waals surface area (Å²) in [5.74, 6) is -1.78. The minimum Gasteiger partial charge on any atom is -0.477 e. The molecule has 136 valence electrons. The number of carbonyl (C=O) groups excluding carboxylic acids is 1. The van der Waals surface area contributed by atoms with Gasteiger partial charge in [-0.15, -0.1) is 0 Å². The zero-order valence-corrected chi connectivity index (χ0v) is 14.1. The minimum absolute atomic E-state index is 0.117. The fraction of sp³-hybridized carbons (Fsp3) is 0.316. The summed E-state index contributed by atoms with van der Waals surface area (Å²) < 4.78 is 18.7. The number of carboxylic acid groups (broad SMARTS) is 1. The molecule has 3 rings (SSSR count). The molecule has 2 aromatic rings. The van der Waals surface area contributed by atoms with Crippen LogP contribution in [0.4, 0.5) is 4.39 Å². The Morgan fingerprint density at radius 3 is 2.42 bits per heavy atom. The van der Waals surface area contributed by atoms with E-state index in [2.05, 4.69) is 10.3 Å². The van der Waals surface area contributed by atoms with Gasteiger partial charge in [0.2, 0.25) is 0 Å². The van der Waals surface area contributed by atoms with Crippen LogP contribution in [0, 0.1) is 5.82 Å². The third-order valence-electron chi connectivity index (χ3n) is 4.74. The summed E-state index contributed by atoms with van der Waals surface area (Å²) in [5, 5.41) is 11.8. The van der Waals surface area contributed by atoms with E-state index >= 15 is 0 Å². The van der Waals surface area contributed by atoms with E-state index in [4.69, 9.17) is 9.84 Å². The van der Waals surface area contributed by atoms with E-state index in [1.165, 1.54) is 30.5 Å². The highest BCUT2D eigenvalue weighted by molar-refractivity contribution is 5.94. The van der Waals surface area contributed by atoms with Gasteiger partial charge in [0, 0.05) is 31.4 Å². The topological polar surface area (TPSA) is 88.5 Å². The molecule has 7 heteroatoms. The Morgan fingerprint density at radius 2 is 1.85 bits per heavy atom. The molecular formula is C19H19FN2O4. The number of hydrogen-bond donors (Lipinski definition) is 2. The van der Waals surface area contributed by atoms with Crippen molar-refractivity contribution in [3.63, 3.8) is 0 Å². The van der Waals surface area contributed by atoms with Gasteiger partial charge in [-0.1, -0.05) is 12.1 Å². The number of aromatic nitrogens is 1. The molecule has 2 N–H and O–H groups in total. The zero-order chi connectivity index (χ0) is 18.6. The number of nitrogens with zero attached hydrogens (tertiary/aromatic N) is 1. The average molecular weight is 358 g/mol. The van der Waals surface area contributed by atoms with Crippen LogP contribution in [0.25, 0.3) is 0 Å². The Hall–Kier alpha value is -2.80. The molecule has 1 fully saturated rings. The van der Waals surface area contributed by atoms with Crippen LogP contribution in [-0.4, -0.2) is 41.7 Å². The molecule has 1 aromatic carbocycles. The summed E-state index contributed by atoms with van der Waals surface area (Å²) in [7, 11) is 0. The van der Waals surface area contributed by atoms with E-state index in [9.17, 15) is 14.0 Å². The van der Waals surface area contributed by atoms with Gasteiger partial charge in [-0.05, 0) is 42.7 Å². The summed E-state index contributed by atoms with van der Waals surface area (Å²) in [6.45, 7) is 1.52. The van der Waals surface area contributed by atoms with E-state index in [1.54, 1.807) is 12.1 Å². The van der Waals surface area contributed by atoms with Crippen molar-refractivity contribution >= 4 is 11.9 Å². The van der Waals surface area contributed by atoms with Crippen molar-refractivity contribution in [3.05, 3.63) is 65.2 Å². The van der Waals surface area contributed by atoms with Crippen LogP contribution in [0.5, 0.6) is 0 Å². The molecule has 0 radical (unpaired) electrons. The average Bonchev–Trinajstić information content (AvgIpc) is 2.67. The summed E-state index contributed by atoms with van der Waals surface area (Å²) in [6, 6.07) is 9.06. The van der Waals surface area contributed by atoms with E-state index in [1.807, 2.05) is 0 Å². The molecule has 6 nitrogen and oxygen atoms in total. The van der Waals surface area contributed by atoms with Crippen molar-refractivity contribution < 1.29 is 23.8 Å². The Kier molecular flexibility index (Phi) is 5.27. The standard InChI is InChI=1S/C19H19FN2O4/c20-15-4-2-14(3-5-15)19(7-9-26-10-8-19)12-22-17(23)13-1-6-16(18(24)25)21-11-13/h1-6,11H,7-10,12H2,(H,22,23)(H,24,25). The highest BCUT2D eigenvalue weighted by atomic mass is 19.1. The second kappa shape index (κ2) is 7.61. The lowest BCUT2D eigenvalue weighted by atomic mass is 9.74. The van der Waals surface area contributed by atoms with Gasteiger partial charge in [-0.25, -0.2) is 14.2 Å². The number of ether oxygens (including phenoxy) is 1. The molecular weight excluding hydrogens is 339 g/mol. The number of carbonyl (C=O) groups is 2. The Morgan fingerprint density at radius 1 is 1.15 bits per heavy atom. The van der Waals surface area contributed by atoms with Crippen molar-refractivity contribution in [2.24, 2.45) is 0 Å². The van der Waals surface area contributed by atoms with Gasteiger partial charge in [0.25, 0.3) is 5.91 Å². The molecule has 2 heterocycles. The maximum atomic E-state index is 13.3. The van der Waals surface area contributed by atoms with Crippen LogP contribution in [0.1, 0.15) is 39.3 Å². The van der Waals surface area contributed by atoms with E-state index in [0.29, 0.717) is 19.8 Å². The number of nitrogens with one attached hydrogen (secondary N) is 1. The smallest absolute Gasteiger partial charge is 0.354 e. The maximum absolute atomic E-state index is 13.3. The van der Waals surface area contributed by atoms with Gasteiger partial charge < -0.3 is 15.2 Å². The van der Waals surface area contributed by atoms with Crippen LogP contribution >= 0.6 is 0 Å². The molecule has 1 aliphatic rings. The number of aromatic carboxylic acids is 1. The maximum Gasteiger partial charge on any atom is 0.354 e. The third kappa shape index (κ3) is 3.88. The number of hydrogen-bond acceptors (Lipinski definition) is 4. The largest absolute Gasteiger partial charge is 0.477 e. The Bertz CT molecular complexity index is 784. The van der Waals surface area contributed by atoms with E-state index < -0.39 is 5.97 Å². The molecule has 1 saturated heterocycles. The second-order valence-electron chi connectivity index (χ2n) is 6.32.